The van der Waals surface area contributed by atoms with Crippen molar-refractivity contribution in [1.82, 2.24) is 4.98 Å². The van der Waals surface area contributed by atoms with Crippen molar-refractivity contribution in [3.8, 4) is 11.5 Å². The third-order valence-corrected chi connectivity index (χ3v) is 7.89. The maximum Gasteiger partial charge on any atom is 0.297 e. The Morgan fingerprint density at radius 3 is 2.46 bits per heavy atom. The van der Waals surface area contributed by atoms with Gasteiger partial charge in [0.1, 0.15) is 12.2 Å². The maximum atomic E-state index is 13.8. The van der Waals surface area contributed by atoms with Crippen LogP contribution in [0.4, 0.5) is 5.13 Å². The van der Waals surface area contributed by atoms with Crippen LogP contribution in [-0.4, -0.2) is 17.5 Å². The summed E-state index contributed by atoms with van der Waals surface area (Å²) in [5, 5.41) is 0.937. The van der Waals surface area contributed by atoms with E-state index in [9.17, 15) is 9.59 Å². The number of carbonyl (C=O) groups is 1. The fourth-order valence-electron chi connectivity index (χ4n) is 4.81. The second kappa shape index (κ2) is 10.0. The number of ether oxygens (including phenoxy) is 2. The van der Waals surface area contributed by atoms with Gasteiger partial charge in [-0.2, -0.15) is 0 Å². The van der Waals surface area contributed by atoms with Crippen LogP contribution in [0.15, 0.2) is 82.0 Å². The van der Waals surface area contributed by atoms with Crippen LogP contribution in [0.3, 0.4) is 0 Å². The first-order valence-corrected chi connectivity index (χ1v) is 13.5. The van der Waals surface area contributed by atoms with E-state index in [1.807, 2.05) is 69.3 Å². The lowest BCUT2D eigenvalue weighted by atomic mass is 9.98. The average molecular weight is 539 g/mol. The number of hydrogen-bond donors (Lipinski definition) is 0. The molecule has 0 unspecified atom stereocenters. The number of fused-ring (bicyclic) bond motifs is 2. The monoisotopic (exact) mass is 538 g/mol. The van der Waals surface area contributed by atoms with Gasteiger partial charge in [0.15, 0.2) is 22.1 Å². The van der Waals surface area contributed by atoms with Crippen molar-refractivity contribution in [1.29, 1.82) is 0 Å². The molecule has 39 heavy (non-hydrogen) atoms. The van der Waals surface area contributed by atoms with E-state index in [0.717, 1.165) is 16.1 Å². The van der Waals surface area contributed by atoms with Gasteiger partial charge < -0.3 is 13.9 Å². The molecule has 6 rings (SSSR count). The lowest BCUT2D eigenvalue weighted by Crippen LogP contribution is -2.29. The van der Waals surface area contributed by atoms with E-state index < -0.39 is 11.9 Å². The normalized spacial score (nSPS) is 14.6. The predicted octanol–water partition coefficient (Wildman–Crippen LogP) is 6.59. The molecule has 1 amide bonds. The largest absolute Gasteiger partial charge is 0.490 e. The number of amides is 1. The molecule has 7 nitrogen and oxygen atoms in total. The molecule has 0 spiro atoms. The van der Waals surface area contributed by atoms with E-state index in [-0.39, 0.29) is 11.2 Å². The van der Waals surface area contributed by atoms with Gasteiger partial charge in [-0.1, -0.05) is 48.5 Å². The van der Waals surface area contributed by atoms with Crippen molar-refractivity contribution >= 4 is 33.3 Å². The van der Waals surface area contributed by atoms with Crippen LogP contribution in [0.5, 0.6) is 11.5 Å². The molecule has 5 aromatic rings. The zero-order chi connectivity index (χ0) is 27.1. The number of benzene rings is 3. The van der Waals surface area contributed by atoms with Crippen molar-refractivity contribution < 1.29 is 18.7 Å². The van der Waals surface area contributed by atoms with Crippen LogP contribution in [0.2, 0.25) is 0 Å². The molecule has 0 saturated carbocycles. The molecular weight excluding hydrogens is 512 g/mol. The molecule has 0 bridgehead atoms. The summed E-state index contributed by atoms with van der Waals surface area (Å²) in [5.41, 5.74) is 3.00. The molecule has 3 heterocycles. The Labute approximate surface area is 229 Å². The summed E-state index contributed by atoms with van der Waals surface area (Å²) >= 11 is 1.41. The number of carbonyl (C=O) groups excluding carboxylic acids is 1. The number of para-hydroxylation sites is 1. The Hall–Kier alpha value is -4.43. The summed E-state index contributed by atoms with van der Waals surface area (Å²) in [6.07, 6.45) is 0. The molecule has 0 radical (unpaired) electrons. The lowest BCUT2D eigenvalue weighted by molar-refractivity contribution is 0.0971. The van der Waals surface area contributed by atoms with Crippen LogP contribution in [-0.2, 0) is 6.61 Å². The Morgan fingerprint density at radius 1 is 0.949 bits per heavy atom. The molecule has 0 aliphatic carbocycles. The van der Waals surface area contributed by atoms with E-state index >= 15 is 0 Å². The standard InChI is InChI=1S/C31H26N2O5S/c1-4-36-25-16-21(14-15-24(25)37-17-20-10-6-5-7-11-20)27-26-28(34)22-12-8-9-13-23(22)38-29(26)30(35)33(27)31-32-18(2)19(3)39-31/h5-16,27H,4,17H2,1-3H3/t27-/m1/s1. The summed E-state index contributed by atoms with van der Waals surface area (Å²) in [6.45, 7) is 6.57. The zero-order valence-electron chi connectivity index (χ0n) is 21.8. The predicted molar refractivity (Wildman–Crippen MR) is 151 cm³/mol. The second-order valence-electron chi connectivity index (χ2n) is 9.30. The number of nitrogens with zero attached hydrogens (tertiary/aromatic N) is 2. The number of rotatable bonds is 7. The molecule has 3 aromatic carbocycles. The summed E-state index contributed by atoms with van der Waals surface area (Å²) in [4.78, 5) is 34.9. The smallest absolute Gasteiger partial charge is 0.297 e. The van der Waals surface area contributed by atoms with Gasteiger partial charge in [-0.15, -0.1) is 11.3 Å². The third kappa shape index (κ3) is 4.36. The van der Waals surface area contributed by atoms with Crippen LogP contribution in [0.25, 0.3) is 11.0 Å². The molecular formula is C31H26N2O5S. The van der Waals surface area contributed by atoms with Crippen molar-refractivity contribution in [3.63, 3.8) is 0 Å². The number of thiazole rings is 1. The Kier molecular flexibility index (Phi) is 6.40. The molecule has 0 fully saturated rings. The van der Waals surface area contributed by atoms with Crippen molar-refractivity contribution in [2.45, 2.75) is 33.4 Å². The van der Waals surface area contributed by atoms with Crippen LogP contribution < -0.4 is 19.8 Å². The first-order valence-electron chi connectivity index (χ1n) is 12.7. The molecule has 2 aromatic heterocycles. The molecule has 1 aliphatic heterocycles. The van der Waals surface area contributed by atoms with E-state index in [0.29, 0.717) is 51.9 Å². The molecule has 196 valence electrons. The van der Waals surface area contributed by atoms with E-state index in [1.54, 1.807) is 29.2 Å². The lowest BCUT2D eigenvalue weighted by Gasteiger charge is -2.23. The van der Waals surface area contributed by atoms with Gasteiger partial charge in [-0.25, -0.2) is 4.98 Å². The van der Waals surface area contributed by atoms with Gasteiger partial charge >= 0.3 is 0 Å². The van der Waals surface area contributed by atoms with E-state index in [1.165, 1.54) is 11.3 Å². The topological polar surface area (TPSA) is 81.9 Å². The van der Waals surface area contributed by atoms with Crippen molar-refractivity contribution in [2.24, 2.45) is 0 Å². The van der Waals surface area contributed by atoms with Gasteiger partial charge in [0.2, 0.25) is 5.76 Å². The van der Waals surface area contributed by atoms with Gasteiger partial charge in [0.25, 0.3) is 5.91 Å². The maximum absolute atomic E-state index is 13.8. The minimum Gasteiger partial charge on any atom is -0.490 e. The number of anilines is 1. The minimum atomic E-state index is -0.735. The molecule has 0 saturated heterocycles. The fraction of sp³-hybridized carbons (Fsp3) is 0.194. The summed E-state index contributed by atoms with van der Waals surface area (Å²) in [5.74, 6) is 0.751. The SMILES string of the molecule is CCOc1cc([C@@H]2c3c(oc4ccccc4c3=O)C(=O)N2c2nc(C)c(C)s2)ccc1OCc1ccccc1. The van der Waals surface area contributed by atoms with E-state index in [2.05, 4.69) is 4.98 Å². The number of aromatic nitrogens is 1. The first-order chi connectivity index (χ1) is 19.0. The number of aryl methyl sites for hydroxylation is 2. The highest BCUT2D eigenvalue weighted by atomic mass is 32.1. The minimum absolute atomic E-state index is 0.0385. The van der Waals surface area contributed by atoms with Gasteiger partial charge in [-0.3, -0.25) is 14.5 Å². The van der Waals surface area contributed by atoms with Crippen LogP contribution in [0.1, 0.15) is 50.8 Å². The summed E-state index contributed by atoms with van der Waals surface area (Å²) < 4.78 is 18.1. The molecule has 1 atom stereocenters. The molecule has 1 aliphatic rings. The summed E-state index contributed by atoms with van der Waals surface area (Å²) in [6, 6.07) is 21.7. The Balaban J connectivity index is 1.49. The van der Waals surface area contributed by atoms with Gasteiger partial charge in [0.05, 0.1) is 29.3 Å². The van der Waals surface area contributed by atoms with Crippen LogP contribution in [0, 0.1) is 13.8 Å². The third-order valence-electron chi connectivity index (χ3n) is 6.82. The quantitative estimate of drug-likeness (QED) is 0.232. The average Bonchev–Trinajstić information content (AvgIpc) is 3.44. The van der Waals surface area contributed by atoms with E-state index in [4.69, 9.17) is 13.9 Å². The number of hydrogen-bond acceptors (Lipinski definition) is 7. The van der Waals surface area contributed by atoms with Crippen molar-refractivity contribution in [3.05, 3.63) is 116 Å². The van der Waals surface area contributed by atoms with Gasteiger partial charge in [0, 0.05) is 4.88 Å². The first kappa shape index (κ1) is 24.9. The second-order valence-corrected chi connectivity index (χ2v) is 10.5. The Morgan fingerprint density at radius 2 is 1.72 bits per heavy atom. The van der Waals surface area contributed by atoms with Gasteiger partial charge in [-0.05, 0) is 56.2 Å². The highest BCUT2D eigenvalue weighted by molar-refractivity contribution is 7.15. The fourth-order valence-corrected chi connectivity index (χ4v) is 5.75. The zero-order valence-corrected chi connectivity index (χ0v) is 22.6. The molecule has 8 heteroatoms. The van der Waals surface area contributed by atoms with Crippen molar-refractivity contribution in [2.75, 3.05) is 11.5 Å². The Bertz CT molecular complexity index is 1740. The highest BCUT2D eigenvalue weighted by Crippen LogP contribution is 2.44. The van der Waals surface area contributed by atoms with Crippen LogP contribution >= 0.6 is 11.3 Å². The molecule has 0 N–H and O–H groups in total. The highest BCUT2D eigenvalue weighted by Gasteiger charge is 2.45. The summed E-state index contributed by atoms with van der Waals surface area (Å²) in [7, 11) is 0.